The molecule has 2 aromatic rings. The van der Waals surface area contributed by atoms with Gasteiger partial charge in [-0.2, -0.15) is 0 Å². The number of benzene rings is 2. The maximum Gasteiger partial charge on any atom is 0.267 e. The van der Waals surface area contributed by atoms with Crippen molar-refractivity contribution in [3.8, 4) is 0 Å². The summed E-state index contributed by atoms with van der Waals surface area (Å²) < 4.78 is 0. The summed E-state index contributed by atoms with van der Waals surface area (Å²) in [5.41, 5.74) is 0.715. The molecule has 0 atom stereocenters. The van der Waals surface area contributed by atoms with E-state index in [-0.39, 0.29) is 26.8 Å². The van der Waals surface area contributed by atoms with Crippen LogP contribution in [0.5, 0.6) is 0 Å². The van der Waals surface area contributed by atoms with Gasteiger partial charge >= 0.3 is 0 Å². The normalized spacial score (nSPS) is 13.0. The van der Waals surface area contributed by atoms with Crippen LogP contribution >= 0.6 is 23.8 Å². The summed E-state index contributed by atoms with van der Waals surface area (Å²) in [5.74, 6) is -1.71. The number of carbonyl (C=O) groups excluding carboxylic acids is 3. The zero-order valence-electron chi connectivity index (χ0n) is 11.6. The first-order valence-electron chi connectivity index (χ1n) is 6.58. The van der Waals surface area contributed by atoms with Crippen LogP contribution in [0.2, 0.25) is 5.02 Å². The maximum atomic E-state index is 12.3. The number of nitrogens with one attached hydrogen (secondary N) is 1. The molecular weight excluding hydrogens is 336 g/mol. The molecule has 114 valence electrons. The Morgan fingerprint density at radius 1 is 0.957 bits per heavy atom. The van der Waals surface area contributed by atoms with Gasteiger partial charge in [0.2, 0.25) is 0 Å². The number of nitrogens with zero attached hydrogens (tertiary/aromatic N) is 1. The molecule has 5 nitrogen and oxygen atoms in total. The van der Waals surface area contributed by atoms with Gasteiger partial charge in [-0.1, -0.05) is 35.9 Å². The molecule has 0 unspecified atom stereocenters. The molecular formula is C16H9ClN2O3S. The summed E-state index contributed by atoms with van der Waals surface area (Å²) in [6, 6.07) is 12.8. The van der Waals surface area contributed by atoms with E-state index in [2.05, 4.69) is 5.32 Å². The smallest absolute Gasteiger partial charge is 0.267 e. The van der Waals surface area contributed by atoms with Gasteiger partial charge in [0.15, 0.2) is 5.11 Å². The van der Waals surface area contributed by atoms with Gasteiger partial charge in [0.1, 0.15) is 0 Å². The highest BCUT2D eigenvalue weighted by molar-refractivity contribution is 7.80. The minimum atomic E-state index is -0.586. The van der Waals surface area contributed by atoms with E-state index in [1.807, 2.05) is 0 Å². The number of imide groups is 1. The number of fused-ring (bicyclic) bond motifs is 1. The van der Waals surface area contributed by atoms with Crippen molar-refractivity contribution in [2.24, 2.45) is 0 Å². The van der Waals surface area contributed by atoms with Gasteiger partial charge in [-0.05, 0) is 36.5 Å². The predicted octanol–water partition coefficient (Wildman–Crippen LogP) is 2.65. The number of carbonyl (C=O) groups is 3. The SMILES string of the molecule is O=C(NC(=S)N1C(=O)c2ccccc2C1=O)c1ccccc1Cl. The molecule has 0 bridgehead atoms. The van der Waals surface area contributed by atoms with Crippen LogP contribution in [0.4, 0.5) is 0 Å². The van der Waals surface area contributed by atoms with Crippen molar-refractivity contribution in [2.45, 2.75) is 0 Å². The molecule has 1 N–H and O–H groups in total. The molecule has 0 radical (unpaired) electrons. The largest absolute Gasteiger partial charge is 0.298 e. The lowest BCUT2D eigenvalue weighted by molar-refractivity contribution is 0.0747. The summed E-state index contributed by atoms with van der Waals surface area (Å²) in [6.45, 7) is 0. The quantitative estimate of drug-likeness (QED) is 0.638. The van der Waals surface area contributed by atoms with Crippen molar-refractivity contribution in [1.82, 2.24) is 10.2 Å². The third kappa shape index (κ3) is 2.62. The molecule has 3 rings (SSSR count). The molecule has 0 aromatic heterocycles. The van der Waals surface area contributed by atoms with Crippen LogP contribution in [0.1, 0.15) is 31.1 Å². The van der Waals surface area contributed by atoms with Gasteiger partial charge in [-0.15, -0.1) is 0 Å². The average Bonchev–Trinajstić information content (AvgIpc) is 2.79. The Morgan fingerprint density at radius 3 is 2.04 bits per heavy atom. The summed E-state index contributed by atoms with van der Waals surface area (Å²) in [4.78, 5) is 37.5. The van der Waals surface area contributed by atoms with Crippen LogP contribution in [0.15, 0.2) is 48.5 Å². The Morgan fingerprint density at radius 2 is 1.48 bits per heavy atom. The first kappa shape index (κ1) is 15.3. The Labute approximate surface area is 141 Å². The predicted molar refractivity (Wildman–Crippen MR) is 88.5 cm³/mol. The number of halogens is 1. The fraction of sp³-hybridized carbons (Fsp3) is 0. The first-order chi connectivity index (χ1) is 11.0. The number of amides is 3. The summed E-state index contributed by atoms with van der Waals surface area (Å²) in [5, 5.41) is 2.34. The molecule has 0 saturated carbocycles. The van der Waals surface area contributed by atoms with Crippen LogP contribution in [-0.2, 0) is 0 Å². The Bertz CT molecular complexity index is 831. The van der Waals surface area contributed by atoms with Gasteiger partial charge in [0.25, 0.3) is 17.7 Å². The third-order valence-electron chi connectivity index (χ3n) is 3.34. The summed E-state index contributed by atoms with van der Waals surface area (Å²) >= 11 is 11.0. The topological polar surface area (TPSA) is 66.5 Å². The average molecular weight is 345 g/mol. The standard InChI is InChI=1S/C16H9ClN2O3S/c17-12-8-4-3-7-11(12)13(20)18-16(23)19-14(21)9-5-1-2-6-10(9)15(19)22/h1-8H,(H,18,20,23). The monoisotopic (exact) mass is 344 g/mol. The fourth-order valence-corrected chi connectivity index (χ4v) is 2.72. The minimum absolute atomic E-state index is 0.202. The van der Waals surface area contributed by atoms with Crippen LogP contribution in [-0.4, -0.2) is 27.7 Å². The number of hydrogen-bond acceptors (Lipinski definition) is 4. The highest BCUT2D eigenvalue weighted by Crippen LogP contribution is 2.22. The molecule has 0 spiro atoms. The molecule has 0 fully saturated rings. The molecule has 23 heavy (non-hydrogen) atoms. The van der Waals surface area contributed by atoms with Crippen molar-refractivity contribution >= 4 is 46.7 Å². The zero-order valence-corrected chi connectivity index (χ0v) is 13.1. The number of hydrogen-bond donors (Lipinski definition) is 1. The summed E-state index contributed by atoms with van der Waals surface area (Å²) in [6.07, 6.45) is 0. The Balaban J connectivity index is 1.83. The van der Waals surface area contributed by atoms with E-state index in [4.69, 9.17) is 23.8 Å². The second-order valence-corrected chi connectivity index (χ2v) is 5.52. The zero-order chi connectivity index (χ0) is 16.6. The van der Waals surface area contributed by atoms with Crippen LogP contribution in [0.3, 0.4) is 0 Å². The number of thiocarbonyl (C=S) groups is 1. The molecule has 0 saturated heterocycles. The van der Waals surface area contributed by atoms with Crippen molar-refractivity contribution in [1.29, 1.82) is 0 Å². The lowest BCUT2D eigenvalue weighted by Gasteiger charge is -2.15. The van der Waals surface area contributed by atoms with Crippen LogP contribution in [0, 0.1) is 0 Å². The van der Waals surface area contributed by atoms with Crippen molar-refractivity contribution < 1.29 is 14.4 Å². The van der Waals surface area contributed by atoms with E-state index in [1.165, 1.54) is 18.2 Å². The van der Waals surface area contributed by atoms with E-state index in [9.17, 15) is 14.4 Å². The molecule has 1 heterocycles. The van der Waals surface area contributed by atoms with Crippen LogP contribution in [0.25, 0.3) is 0 Å². The molecule has 0 aliphatic carbocycles. The Hall–Kier alpha value is -2.57. The second kappa shape index (κ2) is 5.91. The molecule has 1 aliphatic rings. The minimum Gasteiger partial charge on any atom is -0.298 e. The van der Waals surface area contributed by atoms with Crippen molar-refractivity contribution in [3.05, 3.63) is 70.2 Å². The van der Waals surface area contributed by atoms with Gasteiger partial charge < -0.3 is 0 Å². The van der Waals surface area contributed by atoms with Gasteiger partial charge in [0, 0.05) is 0 Å². The second-order valence-electron chi connectivity index (χ2n) is 4.73. The lowest BCUT2D eigenvalue weighted by atomic mass is 10.1. The molecule has 2 aromatic carbocycles. The highest BCUT2D eigenvalue weighted by Gasteiger charge is 2.38. The maximum absolute atomic E-state index is 12.3. The van der Waals surface area contributed by atoms with E-state index in [0.717, 1.165) is 4.90 Å². The van der Waals surface area contributed by atoms with Crippen LogP contribution < -0.4 is 5.32 Å². The first-order valence-corrected chi connectivity index (χ1v) is 7.37. The molecule has 1 aliphatic heterocycles. The van der Waals surface area contributed by atoms with Gasteiger partial charge in [-0.3, -0.25) is 19.7 Å². The van der Waals surface area contributed by atoms with E-state index < -0.39 is 17.7 Å². The van der Waals surface area contributed by atoms with E-state index in [1.54, 1.807) is 30.3 Å². The lowest BCUT2D eigenvalue weighted by Crippen LogP contribution is -2.45. The Kier molecular flexibility index (Phi) is 3.94. The molecule has 7 heteroatoms. The van der Waals surface area contributed by atoms with Gasteiger partial charge in [0.05, 0.1) is 21.7 Å². The van der Waals surface area contributed by atoms with Crippen molar-refractivity contribution in [3.63, 3.8) is 0 Å². The van der Waals surface area contributed by atoms with Gasteiger partial charge in [-0.25, -0.2) is 4.90 Å². The third-order valence-corrected chi connectivity index (χ3v) is 3.95. The molecule has 3 amide bonds. The fourth-order valence-electron chi connectivity index (χ4n) is 2.24. The summed E-state index contributed by atoms with van der Waals surface area (Å²) in [7, 11) is 0. The number of rotatable bonds is 1. The van der Waals surface area contributed by atoms with E-state index in [0.29, 0.717) is 0 Å². The van der Waals surface area contributed by atoms with E-state index >= 15 is 0 Å². The highest BCUT2D eigenvalue weighted by atomic mass is 35.5. The van der Waals surface area contributed by atoms with Crippen molar-refractivity contribution in [2.75, 3.05) is 0 Å².